The first-order valence-corrected chi connectivity index (χ1v) is 9.29. The Morgan fingerprint density at radius 3 is 2.76 bits per heavy atom. The van der Waals surface area contributed by atoms with Gasteiger partial charge in [0.25, 0.3) is 0 Å². The fourth-order valence-electron chi connectivity index (χ4n) is 3.07. The Bertz CT molecular complexity index is 734. The summed E-state index contributed by atoms with van der Waals surface area (Å²) in [7, 11) is -3.10. The molecule has 0 fully saturated rings. The number of aromatic nitrogens is 1. The van der Waals surface area contributed by atoms with E-state index in [-0.39, 0.29) is 5.75 Å². The number of fused-ring (bicyclic) bond motifs is 3. The topological polar surface area (TPSA) is 53.2 Å². The van der Waals surface area contributed by atoms with Crippen molar-refractivity contribution in [1.29, 1.82) is 0 Å². The van der Waals surface area contributed by atoms with E-state index in [1.807, 2.05) is 19.1 Å². The molecule has 0 saturated carbocycles. The Morgan fingerprint density at radius 1 is 1.19 bits per heavy atom. The largest absolute Gasteiger partial charge is 0.358 e. The van der Waals surface area contributed by atoms with Crippen LogP contribution in [-0.4, -0.2) is 36.5 Å². The van der Waals surface area contributed by atoms with Crippen molar-refractivity contribution in [2.24, 2.45) is 0 Å². The molecule has 1 N–H and O–H groups in total. The minimum absolute atomic E-state index is 0.276. The third kappa shape index (κ3) is 2.85. The summed E-state index contributed by atoms with van der Waals surface area (Å²) in [4.78, 5) is 3.45. The molecular formula is C16H22N2O2S. The first kappa shape index (κ1) is 14.6. The molecule has 2 aromatic rings. The average molecular weight is 306 g/mol. The zero-order chi connectivity index (χ0) is 14.9. The number of benzene rings is 1. The highest BCUT2D eigenvalue weighted by Gasteiger charge is 2.25. The van der Waals surface area contributed by atoms with Crippen molar-refractivity contribution in [2.45, 2.75) is 32.6 Å². The molecule has 0 radical (unpaired) electrons. The zero-order valence-corrected chi connectivity index (χ0v) is 13.2. The van der Waals surface area contributed by atoms with Crippen LogP contribution in [0.25, 0.3) is 10.9 Å². The maximum absolute atomic E-state index is 12.3. The van der Waals surface area contributed by atoms with Gasteiger partial charge in [0.05, 0.1) is 5.75 Å². The molecule has 21 heavy (non-hydrogen) atoms. The van der Waals surface area contributed by atoms with Crippen molar-refractivity contribution < 1.29 is 8.42 Å². The standard InChI is InChI=1S/C16H22N2O2S/c1-2-3-12-21(19,20)18-10-8-14-13-6-4-5-7-15(13)17-16(14)9-11-18/h4-7,17H,2-3,8-12H2,1H3. The lowest BCUT2D eigenvalue weighted by Crippen LogP contribution is -2.35. The summed E-state index contributed by atoms with van der Waals surface area (Å²) >= 11 is 0. The van der Waals surface area contributed by atoms with E-state index < -0.39 is 10.0 Å². The number of unbranched alkanes of at least 4 members (excludes halogenated alkanes) is 1. The molecule has 5 heteroatoms. The molecule has 0 saturated heterocycles. The van der Waals surface area contributed by atoms with Gasteiger partial charge >= 0.3 is 0 Å². The maximum atomic E-state index is 12.3. The fourth-order valence-corrected chi connectivity index (χ4v) is 4.72. The quantitative estimate of drug-likeness (QED) is 0.944. The van der Waals surface area contributed by atoms with Crippen LogP contribution in [0.5, 0.6) is 0 Å². The molecule has 0 bridgehead atoms. The van der Waals surface area contributed by atoms with Gasteiger partial charge in [-0.3, -0.25) is 0 Å². The van der Waals surface area contributed by atoms with Crippen molar-refractivity contribution in [2.75, 3.05) is 18.8 Å². The lowest BCUT2D eigenvalue weighted by atomic mass is 10.1. The van der Waals surface area contributed by atoms with Gasteiger partial charge in [-0.25, -0.2) is 12.7 Å². The van der Waals surface area contributed by atoms with Crippen molar-refractivity contribution in [3.63, 3.8) is 0 Å². The number of hydrogen-bond donors (Lipinski definition) is 1. The number of rotatable bonds is 4. The normalized spacial score (nSPS) is 16.8. The molecule has 0 aliphatic carbocycles. The number of para-hydroxylation sites is 1. The van der Waals surface area contributed by atoms with Gasteiger partial charge in [-0.05, 0) is 24.5 Å². The number of nitrogens with one attached hydrogen (secondary N) is 1. The summed E-state index contributed by atoms with van der Waals surface area (Å²) in [6, 6.07) is 8.27. The van der Waals surface area contributed by atoms with E-state index in [0.29, 0.717) is 13.1 Å². The van der Waals surface area contributed by atoms with Crippen molar-refractivity contribution in [1.82, 2.24) is 9.29 Å². The molecule has 1 aromatic carbocycles. The molecule has 4 nitrogen and oxygen atoms in total. The van der Waals surface area contributed by atoms with Crippen LogP contribution in [0, 0.1) is 0 Å². The summed E-state index contributed by atoms with van der Waals surface area (Å²) in [5.41, 5.74) is 3.65. The molecule has 1 aliphatic heterocycles. The number of sulfonamides is 1. The highest BCUT2D eigenvalue weighted by atomic mass is 32.2. The highest BCUT2D eigenvalue weighted by Crippen LogP contribution is 2.26. The predicted octanol–water partition coefficient (Wildman–Crippen LogP) is 2.70. The van der Waals surface area contributed by atoms with Gasteiger partial charge in [0, 0.05) is 36.1 Å². The zero-order valence-electron chi connectivity index (χ0n) is 12.4. The van der Waals surface area contributed by atoms with Gasteiger partial charge in [-0.15, -0.1) is 0 Å². The van der Waals surface area contributed by atoms with E-state index >= 15 is 0 Å². The summed E-state index contributed by atoms with van der Waals surface area (Å²) in [5.74, 6) is 0.276. The lowest BCUT2D eigenvalue weighted by molar-refractivity contribution is 0.425. The Morgan fingerprint density at radius 2 is 1.95 bits per heavy atom. The fraction of sp³-hybridized carbons (Fsp3) is 0.500. The minimum Gasteiger partial charge on any atom is -0.358 e. The maximum Gasteiger partial charge on any atom is 0.214 e. The van der Waals surface area contributed by atoms with Crippen LogP contribution in [0.15, 0.2) is 24.3 Å². The first-order valence-electron chi connectivity index (χ1n) is 7.68. The molecule has 1 aliphatic rings. The van der Waals surface area contributed by atoms with E-state index in [9.17, 15) is 8.42 Å². The SMILES string of the molecule is CCCCS(=O)(=O)N1CCc2[nH]c3ccccc3c2CC1. The van der Waals surface area contributed by atoms with Crippen LogP contribution < -0.4 is 0 Å². The third-order valence-electron chi connectivity index (χ3n) is 4.27. The number of hydrogen-bond acceptors (Lipinski definition) is 2. The summed E-state index contributed by atoms with van der Waals surface area (Å²) < 4.78 is 26.4. The number of nitrogens with zero attached hydrogens (tertiary/aromatic N) is 1. The summed E-state index contributed by atoms with van der Waals surface area (Å²) in [5, 5.41) is 1.24. The van der Waals surface area contributed by atoms with Gasteiger partial charge in [-0.1, -0.05) is 31.5 Å². The van der Waals surface area contributed by atoms with Crippen LogP contribution in [0.2, 0.25) is 0 Å². The van der Waals surface area contributed by atoms with Crippen LogP contribution in [0.3, 0.4) is 0 Å². The van der Waals surface area contributed by atoms with Crippen LogP contribution in [-0.2, 0) is 22.9 Å². The number of aromatic amines is 1. The summed E-state index contributed by atoms with van der Waals surface area (Å²) in [6.45, 7) is 3.21. The van der Waals surface area contributed by atoms with Gasteiger partial charge in [0.1, 0.15) is 0 Å². The minimum atomic E-state index is -3.10. The molecule has 0 amide bonds. The van der Waals surface area contributed by atoms with E-state index in [1.54, 1.807) is 4.31 Å². The van der Waals surface area contributed by atoms with E-state index in [2.05, 4.69) is 17.1 Å². The molecule has 114 valence electrons. The number of H-pyrrole nitrogens is 1. The predicted molar refractivity (Wildman–Crippen MR) is 86.0 cm³/mol. The van der Waals surface area contributed by atoms with Crippen molar-refractivity contribution >= 4 is 20.9 Å². The van der Waals surface area contributed by atoms with Gasteiger partial charge in [0.2, 0.25) is 10.0 Å². The molecule has 3 rings (SSSR count). The second-order valence-corrected chi connectivity index (χ2v) is 7.78. The highest BCUT2D eigenvalue weighted by molar-refractivity contribution is 7.89. The average Bonchev–Trinajstić information content (AvgIpc) is 2.68. The van der Waals surface area contributed by atoms with Crippen LogP contribution in [0.1, 0.15) is 31.0 Å². The van der Waals surface area contributed by atoms with Gasteiger partial charge in [-0.2, -0.15) is 0 Å². The molecule has 0 spiro atoms. The van der Waals surface area contributed by atoms with Crippen LogP contribution >= 0.6 is 0 Å². The summed E-state index contributed by atoms with van der Waals surface area (Å²) in [6.07, 6.45) is 3.23. The monoisotopic (exact) mass is 306 g/mol. The third-order valence-corrected chi connectivity index (χ3v) is 6.23. The Kier molecular flexibility index (Phi) is 4.04. The molecule has 0 atom stereocenters. The van der Waals surface area contributed by atoms with Crippen molar-refractivity contribution in [3.8, 4) is 0 Å². The molecule has 1 aromatic heterocycles. The Balaban J connectivity index is 1.83. The molecule has 2 heterocycles. The van der Waals surface area contributed by atoms with Crippen LogP contribution in [0.4, 0.5) is 0 Å². The first-order chi connectivity index (χ1) is 10.1. The Labute approximate surface area is 126 Å². The van der Waals surface area contributed by atoms with Gasteiger partial charge in [0.15, 0.2) is 0 Å². The molecule has 0 unspecified atom stereocenters. The van der Waals surface area contributed by atoms with E-state index in [0.717, 1.165) is 31.2 Å². The van der Waals surface area contributed by atoms with Gasteiger partial charge < -0.3 is 4.98 Å². The van der Waals surface area contributed by atoms with E-state index in [1.165, 1.54) is 16.6 Å². The van der Waals surface area contributed by atoms with E-state index in [4.69, 9.17) is 0 Å². The second kappa shape index (κ2) is 5.81. The molecular weight excluding hydrogens is 284 g/mol. The second-order valence-electron chi connectivity index (χ2n) is 5.70. The Hall–Kier alpha value is -1.33. The lowest BCUT2D eigenvalue weighted by Gasteiger charge is -2.19. The van der Waals surface area contributed by atoms with Crippen molar-refractivity contribution in [3.05, 3.63) is 35.5 Å². The smallest absolute Gasteiger partial charge is 0.214 e.